The third-order valence-corrected chi connectivity index (χ3v) is 12.0. The molecule has 8 aromatic rings. The molecule has 2 aliphatic carbocycles. The molecular weight excluding hydrogens is 639 g/mol. The van der Waals surface area contributed by atoms with Crippen LogP contribution in [-0.4, -0.2) is 0 Å². The first-order valence-electron chi connectivity index (χ1n) is 18.8. The summed E-state index contributed by atoms with van der Waals surface area (Å²) in [6.45, 7) is 9.48. The number of rotatable bonds is 5. The van der Waals surface area contributed by atoms with Gasteiger partial charge in [-0.2, -0.15) is 0 Å². The lowest BCUT2D eigenvalue weighted by Gasteiger charge is -2.29. The van der Waals surface area contributed by atoms with Gasteiger partial charge in [-0.05, 0) is 120 Å². The van der Waals surface area contributed by atoms with Gasteiger partial charge in [-0.15, -0.1) is 0 Å². The maximum atomic E-state index is 2.49. The van der Waals surface area contributed by atoms with Crippen LogP contribution in [0.2, 0.25) is 0 Å². The smallest absolute Gasteiger partial charge is 0.0473 e. The Morgan fingerprint density at radius 3 is 1.51 bits per heavy atom. The molecule has 0 radical (unpaired) electrons. The molecule has 1 nitrogen and oxygen atoms in total. The molecule has 0 N–H and O–H groups in total. The summed E-state index contributed by atoms with van der Waals surface area (Å²) in [5, 5.41) is 2.57. The highest BCUT2D eigenvalue weighted by molar-refractivity contribution is 6.00. The Hall–Kier alpha value is -6.18. The van der Waals surface area contributed by atoms with Crippen molar-refractivity contribution >= 4 is 27.8 Å². The van der Waals surface area contributed by atoms with Crippen LogP contribution in [-0.2, 0) is 10.8 Å². The van der Waals surface area contributed by atoms with Crippen molar-refractivity contribution in [1.29, 1.82) is 0 Å². The van der Waals surface area contributed by atoms with E-state index in [4.69, 9.17) is 0 Å². The average Bonchev–Trinajstić information content (AvgIpc) is 3.58. The van der Waals surface area contributed by atoms with Gasteiger partial charge in [0.05, 0.1) is 0 Å². The van der Waals surface area contributed by atoms with Crippen LogP contribution in [0, 0.1) is 0 Å². The molecule has 8 aromatic carbocycles. The second kappa shape index (κ2) is 11.7. The second-order valence-corrected chi connectivity index (χ2v) is 15.8. The first-order valence-corrected chi connectivity index (χ1v) is 18.8. The van der Waals surface area contributed by atoms with Crippen LogP contribution in [0.3, 0.4) is 0 Å². The van der Waals surface area contributed by atoms with Gasteiger partial charge in [0.2, 0.25) is 0 Å². The Bertz CT molecular complexity index is 2660. The van der Waals surface area contributed by atoms with Crippen LogP contribution < -0.4 is 4.90 Å². The maximum Gasteiger partial charge on any atom is 0.0473 e. The van der Waals surface area contributed by atoms with Gasteiger partial charge < -0.3 is 4.90 Å². The molecule has 0 spiro atoms. The van der Waals surface area contributed by atoms with Crippen molar-refractivity contribution in [3.63, 3.8) is 0 Å². The summed E-state index contributed by atoms with van der Waals surface area (Å²) in [4.78, 5) is 2.49. The highest BCUT2D eigenvalue weighted by Crippen LogP contribution is 2.53. The molecule has 53 heavy (non-hydrogen) atoms. The third kappa shape index (κ3) is 4.84. The van der Waals surface area contributed by atoms with Crippen LogP contribution in [0.25, 0.3) is 55.3 Å². The molecule has 0 bridgehead atoms. The summed E-state index contributed by atoms with van der Waals surface area (Å²) in [5.74, 6) is 0. The van der Waals surface area contributed by atoms with E-state index < -0.39 is 0 Å². The van der Waals surface area contributed by atoms with Crippen molar-refractivity contribution in [2.24, 2.45) is 0 Å². The van der Waals surface area contributed by atoms with Gasteiger partial charge >= 0.3 is 0 Å². The summed E-state index contributed by atoms with van der Waals surface area (Å²) < 4.78 is 0. The Morgan fingerprint density at radius 2 is 0.849 bits per heavy atom. The summed E-state index contributed by atoms with van der Waals surface area (Å²) in [7, 11) is 0. The first-order chi connectivity index (χ1) is 25.8. The molecule has 0 atom stereocenters. The Morgan fingerprint density at radius 1 is 0.340 bits per heavy atom. The molecule has 0 aliphatic heterocycles. The highest BCUT2D eigenvalue weighted by Gasteiger charge is 2.38. The van der Waals surface area contributed by atoms with Gasteiger partial charge in [-0.25, -0.2) is 0 Å². The van der Waals surface area contributed by atoms with Gasteiger partial charge in [0.25, 0.3) is 0 Å². The van der Waals surface area contributed by atoms with Crippen molar-refractivity contribution < 1.29 is 0 Å². The summed E-state index contributed by atoms with van der Waals surface area (Å²) in [6, 6.07) is 65.4. The van der Waals surface area contributed by atoms with E-state index >= 15 is 0 Å². The van der Waals surface area contributed by atoms with E-state index in [1.54, 1.807) is 0 Å². The fourth-order valence-corrected chi connectivity index (χ4v) is 9.37. The van der Waals surface area contributed by atoms with Crippen molar-refractivity contribution in [3.05, 3.63) is 198 Å². The lowest BCUT2D eigenvalue weighted by Crippen LogP contribution is -2.16. The molecule has 0 amide bonds. The normalized spacial score (nSPS) is 14.3. The number of nitrogens with zero attached hydrogens (tertiary/aromatic N) is 1. The van der Waals surface area contributed by atoms with Gasteiger partial charge in [0, 0.05) is 27.9 Å². The number of fused-ring (bicyclic) bond motifs is 8. The standard InChI is InChI=1S/C52H41N/c1-51(2)47-21-13-12-20-43(47)46-33-40(26-28-49(46)51)53(41-30-37(34-15-7-5-8-16-34)29-38(31-41)35-17-9-6-10-18-35)39-25-23-36-24-27-44-42-19-11-14-22-48(42)52(3,4)50(44)45(36)32-39/h5-33H,1-4H3. The molecule has 0 fully saturated rings. The van der Waals surface area contributed by atoms with Gasteiger partial charge in [-0.1, -0.05) is 161 Å². The molecule has 2 aliphatic rings. The van der Waals surface area contributed by atoms with Crippen LogP contribution in [0.5, 0.6) is 0 Å². The predicted molar refractivity (Wildman–Crippen MR) is 225 cm³/mol. The van der Waals surface area contributed by atoms with E-state index in [9.17, 15) is 0 Å². The fourth-order valence-electron chi connectivity index (χ4n) is 9.37. The van der Waals surface area contributed by atoms with Gasteiger partial charge in [-0.3, -0.25) is 0 Å². The van der Waals surface area contributed by atoms with Gasteiger partial charge in [0.15, 0.2) is 0 Å². The van der Waals surface area contributed by atoms with Crippen LogP contribution >= 0.6 is 0 Å². The molecule has 0 saturated carbocycles. The summed E-state index contributed by atoms with van der Waals surface area (Å²) in [5.41, 5.74) is 18.9. The second-order valence-electron chi connectivity index (χ2n) is 15.8. The average molecular weight is 680 g/mol. The monoisotopic (exact) mass is 679 g/mol. The van der Waals surface area contributed by atoms with Crippen LogP contribution in [0.4, 0.5) is 17.1 Å². The molecule has 1 heteroatoms. The number of benzene rings is 8. The minimum absolute atomic E-state index is 0.0624. The third-order valence-electron chi connectivity index (χ3n) is 12.0. The lowest BCUT2D eigenvalue weighted by molar-refractivity contribution is 0.660. The molecule has 0 saturated heterocycles. The van der Waals surface area contributed by atoms with Crippen LogP contribution in [0.1, 0.15) is 49.9 Å². The number of anilines is 3. The van der Waals surface area contributed by atoms with E-state index in [0.717, 1.165) is 17.1 Å². The number of hydrogen-bond donors (Lipinski definition) is 0. The minimum Gasteiger partial charge on any atom is -0.310 e. The molecule has 10 rings (SSSR count). The van der Waals surface area contributed by atoms with Crippen molar-refractivity contribution in [2.75, 3.05) is 4.90 Å². The molecule has 0 aromatic heterocycles. The van der Waals surface area contributed by atoms with Gasteiger partial charge in [0.1, 0.15) is 0 Å². The number of hydrogen-bond acceptors (Lipinski definition) is 1. The Labute approximate surface area is 312 Å². The zero-order valence-corrected chi connectivity index (χ0v) is 30.7. The zero-order chi connectivity index (χ0) is 35.9. The van der Waals surface area contributed by atoms with E-state index in [-0.39, 0.29) is 10.8 Å². The van der Waals surface area contributed by atoms with E-state index in [1.165, 1.54) is 77.5 Å². The Balaban J connectivity index is 1.25. The summed E-state index contributed by atoms with van der Waals surface area (Å²) >= 11 is 0. The fraction of sp³-hybridized carbons (Fsp3) is 0.115. The minimum atomic E-state index is -0.120. The highest BCUT2D eigenvalue weighted by atomic mass is 15.1. The molecule has 0 heterocycles. The topological polar surface area (TPSA) is 3.24 Å². The maximum absolute atomic E-state index is 2.49. The van der Waals surface area contributed by atoms with Crippen molar-refractivity contribution in [3.8, 4) is 44.5 Å². The SMILES string of the molecule is CC1(C)c2ccccc2-c2cc(N(c3cc(-c4ccccc4)cc(-c4ccccc4)c3)c3ccc4ccc5c(c4c3)C(C)(C)c3ccccc3-5)ccc21. The molecule has 254 valence electrons. The largest absolute Gasteiger partial charge is 0.310 e. The Kier molecular flexibility index (Phi) is 6.94. The predicted octanol–water partition coefficient (Wildman–Crippen LogP) is 14.3. The van der Waals surface area contributed by atoms with E-state index in [2.05, 4.69) is 209 Å². The lowest BCUT2D eigenvalue weighted by atomic mass is 9.80. The first kappa shape index (κ1) is 31.5. The van der Waals surface area contributed by atoms with Crippen LogP contribution in [0.15, 0.2) is 176 Å². The van der Waals surface area contributed by atoms with E-state index in [0.29, 0.717) is 0 Å². The zero-order valence-electron chi connectivity index (χ0n) is 30.7. The van der Waals surface area contributed by atoms with Crippen molar-refractivity contribution in [2.45, 2.75) is 38.5 Å². The van der Waals surface area contributed by atoms with E-state index in [1.807, 2.05) is 0 Å². The molecular formula is C52H41N. The molecule has 0 unspecified atom stereocenters. The quantitative estimate of drug-likeness (QED) is 0.175. The van der Waals surface area contributed by atoms with Crippen molar-refractivity contribution in [1.82, 2.24) is 0 Å². The summed E-state index contributed by atoms with van der Waals surface area (Å²) in [6.07, 6.45) is 0.